The van der Waals surface area contributed by atoms with E-state index in [1.807, 2.05) is 0 Å². The van der Waals surface area contributed by atoms with Gasteiger partial charge in [-0.25, -0.2) is 8.42 Å². The summed E-state index contributed by atoms with van der Waals surface area (Å²) in [6, 6.07) is 0.555. The van der Waals surface area contributed by atoms with E-state index in [4.69, 9.17) is 0 Å². The third kappa shape index (κ3) is 7.79. The van der Waals surface area contributed by atoms with Gasteiger partial charge in [0.1, 0.15) is 9.84 Å². The SMILES string of the molecule is CCNC(CC)CCCCS(=O)(=O)CC. The molecule has 0 aliphatic rings. The minimum atomic E-state index is -2.76. The van der Waals surface area contributed by atoms with Crippen molar-refractivity contribution in [2.45, 2.75) is 52.5 Å². The fourth-order valence-corrected chi connectivity index (χ4v) is 2.53. The van der Waals surface area contributed by atoms with Gasteiger partial charge in [0.2, 0.25) is 0 Å². The molecule has 0 heterocycles. The van der Waals surface area contributed by atoms with Crippen molar-refractivity contribution in [2.75, 3.05) is 18.1 Å². The maximum atomic E-state index is 11.2. The molecule has 0 bridgehead atoms. The molecule has 92 valence electrons. The predicted octanol–water partition coefficient (Wildman–Crippen LogP) is 1.98. The molecule has 3 nitrogen and oxygen atoms in total. The minimum Gasteiger partial charge on any atom is -0.314 e. The maximum absolute atomic E-state index is 11.2. The van der Waals surface area contributed by atoms with Crippen molar-refractivity contribution >= 4 is 9.84 Å². The number of sulfone groups is 1. The Balaban J connectivity index is 3.61. The van der Waals surface area contributed by atoms with Gasteiger partial charge in [0.15, 0.2) is 0 Å². The van der Waals surface area contributed by atoms with E-state index < -0.39 is 9.84 Å². The van der Waals surface area contributed by atoms with Crippen LogP contribution in [0.5, 0.6) is 0 Å². The Morgan fingerprint density at radius 1 is 1.13 bits per heavy atom. The van der Waals surface area contributed by atoms with Gasteiger partial charge in [-0.1, -0.05) is 27.2 Å². The molecular formula is C11H25NO2S. The van der Waals surface area contributed by atoms with Crippen molar-refractivity contribution in [3.63, 3.8) is 0 Å². The zero-order valence-electron chi connectivity index (χ0n) is 10.3. The number of hydrogen-bond acceptors (Lipinski definition) is 3. The van der Waals surface area contributed by atoms with Crippen LogP contribution >= 0.6 is 0 Å². The van der Waals surface area contributed by atoms with Gasteiger partial charge in [-0.15, -0.1) is 0 Å². The second-order valence-corrected chi connectivity index (χ2v) is 6.37. The maximum Gasteiger partial charge on any atom is 0.150 e. The molecule has 0 spiro atoms. The van der Waals surface area contributed by atoms with Gasteiger partial charge in [-0.3, -0.25) is 0 Å². The average Bonchev–Trinajstić information content (AvgIpc) is 2.22. The molecule has 0 aromatic carbocycles. The zero-order valence-corrected chi connectivity index (χ0v) is 11.1. The minimum absolute atomic E-state index is 0.275. The Bertz CT molecular complexity index is 237. The summed E-state index contributed by atoms with van der Waals surface area (Å²) < 4.78 is 22.4. The first-order chi connectivity index (χ1) is 7.05. The molecule has 0 aromatic rings. The molecule has 1 atom stereocenters. The highest BCUT2D eigenvalue weighted by atomic mass is 32.2. The first-order valence-electron chi connectivity index (χ1n) is 5.99. The predicted molar refractivity (Wildman–Crippen MR) is 65.9 cm³/mol. The number of hydrogen-bond donors (Lipinski definition) is 1. The van der Waals surface area contributed by atoms with Crippen molar-refractivity contribution in [2.24, 2.45) is 0 Å². The quantitative estimate of drug-likeness (QED) is 0.622. The third-order valence-corrected chi connectivity index (χ3v) is 4.47. The molecule has 4 heteroatoms. The van der Waals surface area contributed by atoms with Gasteiger partial charge < -0.3 is 5.32 Å². The molecule has 0 radical (unpaired) electrons. The highest BCUT2D eigenvalue weighted by Gasteiger charge is 2.08. The van der Waals surface area contributed by atoms with E-state index in [1.54, 1.807) is 6.92 Å². The molecule has 0 aromatic heterocycles. The summed E-state index contributed by atoms with van der Waals surface area (Å²) in [5.41, 5.74) is 0. The standard InChI is InChI=1S/C11H25NO2S/c1-4-11(12-5-2)9-7-8-10-15(13,14)6-3/h11-12H,4-10H2,1-3H3. The summed E-state index contributed by atoms with van der Waals surface area (Å²) in [4.78, 5) is 0. The highest BCUT2D eigenvalue weighted by molar-refractivity contribution is 7.91. The van der Waals surface area contributed by atoms with Crippen LogP contribution in [-0.2, 0) is 9.84 Å². The van der Waals surface area contributed by atoms with Crippen molar-refractivity contribution in [1.82, 2.24) is 5.32 Å². The Hall–Kier alpha value is -0.0900. The van der Waals surface area contributed by atoms with E-state index in [0.29, 0.717) is 11.8 Å². The van der Waals surface area contributed by atoms with Crippen LogP contribution in [0.2, 0.25) is 0 Å². The van der Waals surface area contributed by atoms with Gasteiger partial charge in [0.05, 0.1) is 5.75 Å². The van der Waals surface area contributed by atoms with Gasteiger partial charge in [0, 0.05) is 11.8 Å². The second kappa shape index (κ2) is 8.11. The molecular weight excluding hydrogens is 210 g/mol. The van der Waals surface area contributed by atoms with Gasteiger partial charge in [0.25, 0.3) is 0 Å². The lowest BCUT2D eigenvalue weighted by atomic mass is 10.1. The van der Waals surface area contributed by atoms with Crippen molar-refractivity contribution in [3.05, 3.63) is 0 Å². The van der Waals surface area contributed by atoms with Crippen molar-refractivity contribution < 1.29 is 8.42 Å². The Morgan fingerprint density at radius 3 is 2.27 bits per heavy atom. The van der Waals surface area contributed by atoms with Crippen molar-refractivity contribution in [3.8, 4) is 0 Å². The Morgan fingerprint density at radius 2 is 1.80 bits per heavy atom. The van der Waals surface area contributed by atoms with E-state index >= 15 is 0 Å². The normalized spacial score (nSPS) is 14.1. The molecule has 0 saturated heterocycles. The topological polar surface area (TPSA) is 46.2 Å². The number of nitrogens with one attached hydrogen (secondary N) is 1. The van der Waals surface area contributed by atoms with Crippen LogP contribution in [0.15, 0.2) is 0 Å². The summed E-state index contributed by atoms with van der Waals surface area (Å²) in [7, 11) is -2.76. The molecule has 1 unspecified atom stereocenters. The summed E-state index contributed by atoms with van der Waals surface area (Å²) >= 11 is 0. The monoisotopic (exact) mass is 235 g/mol. The van der Waals surface area contributed by atoms with Gasteiger partial charge in [-0.05, 0) is 25.8 Å². The van der Waals surface area contributed by atoms with Crippen LogP contribution in [0.25, 0.3) is 0 Å². The molecule has 1 N–H and O–H groups in total. The van der Waals surface area contributed by atoms with E-state index in [0.717, 1.165) is 32.2 Å². The molecule has 0 amide bonds. The number of rotatable bonds is 9. The first kappa shape index (κ1) is 14.9. The Labute approximate surface area is 94.6 Å². The van der Waals surface area contributed by atoms with Crippen LogP contribution in [0.4, 0.5) is 0 Å². The van der Waals surface area contributed by atoms with Crippen LogP contribution < -0.4 is 5.32 Å². The van der Waals surface area contributed by atoms with Crippen LogP contribution in [0.3, 0.4) is 0 Å². The lowest BCUT2D eigenvalue weighted by Gasteiger charge is -2.15. The van der Waals surface area contributed by atoms with E-state index in [9.17, 15) is 8.42 Å². The lowest BCUT2D eigenvalue weighted by Crippen LogP contribution is -2.28. The average molecular weight is 235 g/mol. The summed E-state index contributed by atoms with van der Waals surface area (Å²) in [5.74, 6) is 0.628. The highest BCUT2D eigenvalue weighted by Crippen LogP contribution is 2.06. The zero-order chi connectivity index (χ0) is 11.7. The molecule has 0 aliphatic carbocycles. The van der Waals surface area contributed by atoms with Crippen molar-refractivity contribution in [1.29, 1.82) is 0 Å². The summed E-state index contributed by atoms with van der Waals surface area (Å²) in [6.07, 6.45) is 4.01. The fraction of sp³-hybridized carbons (Fsp3) is 1.00. The smallest absolute Gasteiger partial charge is 0.150 e. The second-order valence-electron chi connectivity index (χ2n) is 3.90. The number of unbranched alkanes of at least 4 members (excludes halogenated alkanes) is 1. The van der Waals surface area contributed by atoms with Crippen LogP contribution in [0, 0.1) is 0 Å². The van der Waals surface area contributed by atoms with E-state index in [1.165, 1.54) is 0 Å². The van der Waals surface area contributed by atoms with Crippen LogP contribution in [-0.4, -0.2) is 32.5 Å². The summed E-state index contributed by atoms with van der Waals surface area (Å²) in [5, 5.41) is 3.39. The van der Waals surface area contributed by atoms with E-state index in [2.05, 4.69) is 19.2 Å². The lowest BCUT2D eigenvalue weighted by molar-refractivity contribution is 0.464. The Kier molecular flexibility index (Phi) is 8.06. The largest absolute Gasteiger partial charge is 0.314 e. The molecule has 0 rings (SSSR count). The van der Waals surface area contributed by atoms with E-state index in [-0.39, 0.29) is 5.75 Å². The molecule has 15 heavy (non-hydrogen) atoms. The fourth-order valence-electron chi connectivity index (χ4n) is 1.60. The molecule has 0 saturated carbocycles. The third-order valence-electron chi connectivity index (χ3n) is 2.68. The van der Waals surface area contributed by atoms with Crippen LogP contribution in [0.1, 0.15) is 46.5 Å². The molecule has 0 aliphatic heterocycles. The molecule has 0 fully saturated rings. The van der Waals surface area contributed by atoms with Gasteiger partial charge >= 0.3 is 0 Å². The first-order valence-corrected chi connectivity index (χ1v) is 7.81. The summed E-state index contributed by atoms with van der Waals surface area (Å²) in [6.45, 7) is 6.97. The van der Waals surface area contributed by atoms with Gasteiger partial charge in [-0.2, -0.15) is 0 Å².